The third-order valence-electron chi connectivity index (χ3n) is 4.52. The Morgan fingerprint density at radius 2 is 2.00 bits per heavy atom. The van der Waals surface area contributed by atoms with Gasteiger partial charge < -0.3 is 19.7 Å². The van der Waals surface area contributed by atoms with Gasteiger partial charge in [0.15, 0.2) is 0 Å². The van der Waals surface area contributed by atoms with Crippen molar-refractivity contribution < 1.29 is 23.9 Å². The number of hydrogen-bond acceptors (Lipinski definition) is 5. The van der Waals surface area contributed by atoms with Crippen LogP contribution in [-0.2, 0) is 14.3 Å². The molecule has 1 N–H and O–H groups in total. The molecule has 2 rings (SSSR count). The number of nitrogens with zero attached hydrogens (tertiary/aromatic N) is 1. The quantitative estimate of drug-likeness (QED) is 0.490. The molecular formula is C21H30N2O5. The lowest BCUT2D eigenvalue weighted by Crippen LogP contribution is -2.57. The summed E-state index contributed by atoms with van der Waals surface area (Å²) in [4.78, 5) is 38.9. The third kappa shape index (κ3) is 6.25. The number of hydrogen-bond donors (Lipinski definition) is 1. The van der Waals surface area contributed by atoms with Gasteiger partial charge >= 0.3 is 5.97 Å². The summed E-state index contributed by atoms with van der Waals surface area (Å²) < 4.78 is 10.8. The Bertz CT molecular complexity index is 677. The van der Waals surface area contributed by atoms with Crippen molar-refractivity contribution in [3.8, 4) is 5.75 Å². The van der Waals surface area contributed by atoms with Crippen LogP contribution in [0.25, 0.3) is 0 Å². The number of nitrogens with one attached hydrogen (secondary N) is 1. The Kier molecular flexibility index (Phi) is 8.78. The first-order chi connectivity index (χ1) is 13.6. The smallest absolute Gasteiger partial charge is 0.308 e. The summed E-state index contributed by atoms with van der Waals surface area (Å²) in [6.07, 6.45) is 3.54. The third-order valence-corrected chi connectivity index (χ3v) is 4.52. The second-order valence-corrected chi connectivity index (χ2v) is 6.81. The SMILES string of the molecule is CCCCCOC(=O)CC1C(=O)NCCN1C(=O)c1cccc(OCCC)c1. The Hall–Kier alpha value is -2.57. The molecule has 28 heavy (non-hydrogen) atoms. The minimum absolute atomic E-state index is 0.143. The molecule has 0 bridgehead atoms. The Morgan fingerprint density at radius 3 is 2.75 bits per heavy atom. The highest BCUT2D eigenvalue weighted by Gasteiger charge is 2.35. The van der Waals surface area contributed by atoms with Crippen LogP contribution in [0.1, 0.15) is 56.3 Å². The van der Waals surface area contributed by atoms with Gasteiger partial charge in [0.05, 0.1) is 19.6 Å². The molecule has 7 heteroatoms. The first-order valence-corrected chi connectivity index (χ1v) is 10.0. The zero-order chi connectivity index (χ0) is 20.4. The van der Waals surface area contributed by atoms with Crippen molar-refractivity contribution in [1.29, 1.82) is 0 Å². The van der Waals surface area contributed by atoms with E-state index in [0.717, 1.165) is 25.7 Å². The first kappa shape index (κ1) is 21.7. The van der Waals surface area contributed by atoms with Gasteiger partial charge in [0, 0.05) is 18.7 Å². The maximum atomic E-state index is 13.0. The van der Waals surface area contributed by atoms with E-state index in [4.69, 9.17) is 9.47 Å². The molecule has 0 aliphatic carbocycles. The van der Waals surface area contributed by atoms with E-state index in [9.17, 15) is 14.4 Å². The largest absolute Gasteiger partial charge is 0.494 e. The monoisotopic (exact) mass is 390 g/mol. The van der Waals surface area contributed by atoms with Crippen molar-refractivity contribution in [2.45, 2.75) is 52.0 Å². The molecule has 2 amide bonds. The van der Waals surface area contributed by atoms with Crippen LogP contribution in [0.2, 0.25) is 0 Å². The molecule has 0 saturated carbocycles. The summed E-state index contributed by atoms with van der Waals surface area (Å²) in [5.41, 5.74) is 0.435. The molecule has 1 aromatic rings. The van der Waals surface area contributed by atoms with Gasteiger partial charge in [0.1, 0.15) is 11.8 Å². The molecule has 0 spiro atoms. The van der Waals surface area contributed by atoms with Gasteiger partial charge in [0.2, 0.25) is 5.91 Å². The molecule has 1 aliphatic rings. The van der Waals surface area contributed by atoms with Crippen LogP contribution in [0.5, 0.6) is 5.75 Å². The molecule has 0 radical (unpaired) electrons. The molecule has 1 aromatic carbocycles. The fourth-order valence-corrected chi connectivity index (χ4v) is 3.02. The van der Waals surface area contributed by atoms with Crippen LogP contribution in [0.4, 0.5) is 0 Å². The maximum Gasteiger partial charge on any atom is 0.308 e. The van der Waals surface area contributed by atoms with E-state index in [1.165, 1.54) is 4.90 Å². The molecule has 154 valence electrons. The fraction of sp³-hybridized carbons (Fsp3) is 0.571. The van der Waals surface area contributed by atoms with Gasteiger partial charge in [-0.3, -0.25) is 14.4 Å². The van der Waals surface area contributed by atoms with E-state index in [1.54, 1.807) is 24.3 Å². The normalized spacial score (nSPS) is 16.4. The number of benzene rings is 1. The summed E-state index contributed by atoms with van der Waals surface area (Å²) in [6.45, 7) is 5.69. The maximum absolute atomic E-state index is 13.0. The van der Waals surface area contributed by atoms with E-state index >= 15 is 0 Å². The average Bonchev–Trinajstić information content (AvgIpc) is 2.71. The van der Waals surface area contributed by atoms with Crippen molar-refractivity contribution in [2.75, 3.05) is 26.3 Å². The van der Waals surface area contributed by atoms with Crippen molar-refractivity contribution in [1.82, 2.24) is 10.2 Å². The molecule has 1 atom stereocenters. The van der Waals surface area contributed by atoms with Crippen molar-refractivity contribution in [2.24, 2.45) is 0 Å². The fourth-order valence-electron chi connectivity index (χ4n) is 3.02. The lowest BCUT2D eigenvalue weighted by Gasteiger charge is -2.34. The highest BCUT2D eigenvalue weighted by molar-refractivity contribution is 5.99. The van der Waals surface area contributed by atoms with Crippen LogP contribution < -0.4 is 10.1 Å². The second kappa shape index (κ2) is 11.3. The number of rotatable bonds is 10. The summed E-state index contributed by atoms with van der Waals surface area (Å²) in [5.74, 6) is -0.471. The lowest BCUT2D eigenvalue weighted by molar-refractivity contribution is -0.147. The van der Waals surface area contributed by atoms with Crippen LogP contribution in [0, 0.1) is 0 Å². The first-order valence-electron chi connectivity index (χ1n) is 10.0. The number of unbranched alkanes of at least 4 members (excludes halogenated alkanes) is 2. The number of ether oxygens (including phenoxy) is 2. The summed E-state index contributed by atoms with van der Waals surface area (Å²) in [5, 5.41) is 2.72. The summed E-state index contributed by atoms with van der Waals surface area (Å²) >= 11 is 0. The van der Waals surface area contributed by atoms with Gasteiger partial charge in [-0.2, -0.15) is 0 Å². The molecule has 1 saturated heterocycles. The Balaban J connectivity index is 2.05. The summed E-state index contributed by atoms with van der Waals surface area (Å²) in [6, 6.07) is 6.04. The minimum atomic E-state index is -0.861. The van der Waals surface area contributed by atoms with Crippen LogP contribution in [-0.4, -0.2) is 55.0 Å². The Labute approximate surface area is 166 Å². The summed E-state index contributed by atoms with van der Waals surface area (Å²) in [7, 11) is 0. The number of carbonyl (C=O) groups excluding carboxylic acids is 3. The highest BCUT2D eigenvalue weighted by Crippen LogP contribution is 2.19. The number of esters is 1. The molecule has 1 aliphatic heterocycles. The predicted molar refractivity (Wildman–Crippen MR) is 105 cm³/mol. The van der Waals surface area contributed by atoms with Gasteiger partial charge in [-0.15, -0.1) is 0 Å². The van der Waals surface area contributed by atoms with E-state index in [1.807, 2.05) is 6.92 Å². The van der Waals surface area contributed by atoms with Crippen LogP contribution in [0.15, 0.2) is 24.3 Å². The zero-order valence-electron chi connectivity index (χ0n) is 16.7. The Morgan fingerprint density at radius 1 is 1.18 bits per heavy atom. The topological polar surface area (TPSA) is 84.9 Å². The van der Waals surface area contributed by atoms with Gasteiger partial charge in [-0.05, 0) is 31.0 Å². The van der Waals surface area contributed by atoms with Crippen molar-refractivity contribution in [3.05, 3.63) is 29.8 Å². The van der Waals surface area contributed by atoms with Crippen molar-refractivity contribution >= 4 is 17.8 Å². The standard InChI is InChI=1S/C21H30N2O5/c1-3-5-6-13-28-19(24)15-18-20(25)22-10-11-23(18)21(26)16-8-7-9-17(14-16)27-12-4-2/h7-9,14,18H,3-6,10-13,15H2,1-2H3,(H,22,25). The molecule has 1 unspecified atom stereocenters. The molecule has 1 fully saturated rings. The second-order valence-electron chi connectivity index (χ2n) is 6.81. The number of amides is 2. The van der Waals surface area contributed by atoms with E-state index in [0.29, 0.717) is 37.6 Å². The van der Waals surface area contributed by atoms with E-state index < -0.39 is 12.0 Å². The van der Waals surface area contributed by atoms with Crippen LogP contribution in [0.3, 0.4) is 0 Å². The molecule has 1 heterocycles. The van der Waals surface area contributed by atoms with Crippen LogP contribution >= 0.6 is 0 Å². The van der Waals surface area contributed by atoms with Gasteiger partial charge in [0.25, 0.3) is 5.91 Å². The lowest BCUT2D eigenvalue weighted by atomic mass is 10.1. The zero-order valence-corrected chi connectivity index (χ0v) is 16.7. The minimum Gasteiger partial charge on any atom is -0.494 e. The van der Waals surface area contributed by atoms with E-state index in [2.05, 4.69) is 12.2 Å². The molecular weight excluding hydrogens is 360 g/mol. The van der Waals surface area contributed by atoms with E-state index in [-0.39, 0.29) is 18.2 Å². The molecule has 0 aromatic heterocycles. The van der Waals surface area contributed by atoms with Gasteiger partial charge in [-0.25, -0.2) is 0 Å². The van der Waals surface area contributed by atoms with Crippen molar-refractivity contribution in [3.63, 3.8) is 0 Å². The molecule has 7 nitrogen and oxygen atoms in total. The average molecular weight is 390 g/mol. The highest BCUT2D eigenvalue weighted by atomic mass is 16.5. The predicted octanol–water partition coefficient (Wildman–Crippen LogP) is 2.54. The van der Waals surface area contributed by atoms with Gasteiger partial charge in [-0.1, -0.05) is 32.8 Å². The number of piperazine rings is 1. The number of carbonyl (C=O) groups is 3.